The van der Waals surface area contributed by atoms with E-state index in [1.165, 1.54) is 0 Å². The summed E-state index contributed by atoms with van der Waals surface area (Å²) in [5.74, 6) is -0.122. The van der Waals surface area contributed by atoms with Crippen molar-refractivity contribution in [2.75, 3.05) is 0 Å². The SMILES string of the molecule is Cc1ccc([C@H](NC(=O)c2ccccc2)c2ccc3cccnc3c2O)cc1. The van der Waals surface area contributed by atoms with E-state index in [-0.39, 0.29) is 11.7 Å². The van der Waals surface area contributed by atoms with Gasteiger partial charge in [0.1, 0.15) is 11.3 Å². The number of aromatic nitrogens is 1. The second-order valence-electron chi connectivity index (χ2n) is 6.76. The van der Waals surface area contributed by atoms with Crippen LogP contribution in [0.2, 0.25) is 0 Å². The van der Waals surface area contributed by atoms with Crippen molar-refractivity contribution in [2.24, 2.45) is 0 Å². The molecule has 0 aliphatic heterocycles. The first-order valence-electron chi connectivity index (χ1n) is 9.12. The molecule has 0 unspecified atom stereocenters. The molecular weight excluding hydrogens is 348 g/mol. The lowest BCUT2D eigenvalue weighted by Crippen LogP contribution is -2.29. The molecule has 0 spiro atoms. The number of carbonyl (C=O) groups is 1. The lowest BCUT2D eigenvalue weighted by Gasteiger charge is -2.21. The standard InChI is InChI=1S/C24H20N2O2/c1-16-9-11-18(12-10-16)21(26-24(28)19-6-3-2-4-7-19)20-14-13-17-8-5-15-25-22(17)23(20)27/h2-15,21,27H,1H3,(H,26,28)/t21-/m0/s1. The zero-order chi connectivity index (χ0) is 19.5. The van der Waals surface area contributed by atoms with Crippen molar-refractivity contribution >= 4 is 16.8 Å². The van der Waals surface area contributed by atoms with Crippen LogP contribution in [0, 0.1) is 6.92 Å². The van der Waals surface area contributed by atoms with E-state index in [2.05, 4.69) is 10.3 Å². The molecule has 1 amide bonds. The number of aromatic hydroxyl groups is 1. The van der Waals surface area contributed by atoms with Gasteiger partial charge in [-0.1, -0.05) is 66.2 Å². The monoisotopic (exact) mass is 368 g/mol. The Bertz CT molecular complexity index is 1120. The predicted molar refractivity (Wildman–Crippen MR) is 110 cm³/mol. The lowest BCUT2D eigenvalue weighted by molar-refractivity contribution is 0.0942. The second kappa shape index (κ2) is 7.53. The third-order valence-corrected chi connectivity index (χ3v) is 4.81. The fourth-order valence-electron chi connectivity index (χ4n) is 3.28. The van der Waals surface area contributed by atoms with E-state index in [0.717, 1.165) is 16.5 Å². The van der Waals surface area contributed by atoms with Gasteiger partial charge in [0, 0.05) is 22.7 Å². The first kappa shape index (κ1) is 17.7. The normalized spacial score (nSPS) is 11.9. The van der Waals surface area contributed by atoms with Gasteiger partial charge in [-0.3, -0.25) is 9.78 Å². The Morgan fingerprint density at radius 3 is 2.43 bits per heavy atom. The molecule has 138 valence electrons. The number of fused-ring (bicyclic) bond motifs is 1. The molecule has 4 heteroatoms. The number of carbonyl (C=O) groups excluding carboxylic acids is 1. The molecule has 2 N–H and O–H groups in total. The van der Waals surface area contributed by atoms with Gasteiger partial charge in [0.25, 0.3) is 5.91 Å². The second-order valence-corrected chi connectivity index (χ2v) is 6.76. The van der Waals surface area contributed by atoms with E-state index in [1.807, 2.05) is 73.7 Å². The third-order valence-electron chi connectivity index (χ3n) is 4.81. The number of pyridine rings is 1. The zero-order valence-electron chi connectivity index (χ0n) is 15.5. The summed E-state index contributed by atoms with van der Waals surface area (Å²) in [6, 6.07) is 24.0. The van der Waals surface area contributed by atoms with E-state index in [0.29, 0.717) is 16.6 Å². The average molecular weight is 368 g/mol. The van der Waals surface area contributed by atoms with E-state index in [4.69, 9.17) is 0 Å². The summed E-state index contributed by atoms with van der Waals surface area (Å²) >= 11 is 0. The molecule has 0 saturated heterocycles. The molecular formula is C24H20N2O2. The van der Waals surface area contributed by atoms with Crippen LogP contribution in [0.25, 0.3) is 10.9 Å². The van der Waals surface area contributed by atoms with E-state index >= 15 is 0 Å². The van der Waals surface area contributed by atoms with Gasteiger partial charge in [0.2, 0.25) is 0 Å². The minimum atomic E-state index is -0.500. The van der Waals surface area contributed by atoms with Gasteiger partial charge in [-0.2, -0.15) is 0 Å². The summed E-state index contributed by atoms with van der Waals surface area (Å²) < 4.78 is 0. The molecule has 0 aliphatic rings. The van der Waals surface area contributed by atoms with Gasteiger partial charge < -0.3 is 10.4 Å². The molecule has 1 heterocycles. The Morgan fingerprint density at radius 1 is 0.929 bits per heavy atom. The minimum Gasteiger partial charge on any atom is -0.505 e. The largest absolute Gasteiger partial charge is 0.505 e. The molecule has 4 aromatic rings. The van der Waals surface area contributed by atoms with Crippen LogP contribution in [0.15, 0.2) is 85.1 Å². The highest BCUT2D eigenvalue weighted by Crippen LogP contribution is 2.34. The van der Waals surface area contributed by atoms with Crippen LogP contribution in [-0.2, 0) is 0 Å². The Balaban J connectivity index is 1.80. The Hall–Kier alpha value is -3.66. The van der Waals surface area contributed by atoms with Crippen molar-refractivity contribution in [3.8, 4) is 5.75 Å². The summed E-state index contributed by atoms with van der Waals surface area (Å²) in [5.41, 5.74) is 3.71. The fraction of sp³-hybridized carbons (Fsp3) is 0.0833. The molecule has 4 nitrogen and oxygen atoms in total. The van der Waals surface area contributed by atoms with Crippen molar-refractivity contribution in [1.29, 1.82) is 0 Å². The average Bonchev–Trinajstić information content (AvgIpc) is 2.74. The molecule has 1 aromatic heterocycles. The summed E-state index contributed by atoms with van der Waals surface area (Å²) in [6.45, 7) is 2.01. The molecule has 0 radical (unpaired) electrons. The first-order chi connectivity index (χ1) is 13.6. The summed E-state index contributed by atoms with van der Waals surface area (Å²) in [4.78, 5) is 17.1. The maximum absolute atomic E-state index is 12.8. The van der Waals surface area contributed by atoms with E-state index < -0.39 is 6.04 Å². The number of phenols is 1. The number of phenolic OH excluding ortho intramolecular Hbond substituents is 1. The molecule has 0 aliphatic carbocycles. The zero-order valence-corrected chi connectivity index (χ0v) is 15.5. The van der Waals surface area contributed by atoms with Gasteiger partial charge in [0.05, 0.1) is 6.04 Å². The number of amides is 1. The van der Waals surface area contributed by atoms with Crippen LogP contribution in [0.5, 0.6) is 5.75 Å². The smallest absolute Gasteiger partial charge is 0.252 e. The maximum Gasteiger partial charge on any atom is 0.252 e. The first-order valence-corrected chi connectivity index (χ1v) is 9.12. The van der Waals surface area contributed by atoms with Crippen LogP contribution in [0.4, 0.5) is 0 Å². The van der Waals surface area contributed by atoms with Gasteiger partial charge >= 0.3 is 0 Å². The van der Waals surface area contributed by atoms with Crippen LogP contribution in [0.1, 0.15) is 33.1 Å². The molecule has 4 rings (SSSR count). The highest BCUT2D eigenvalue weighted by Gasteiger charge is 2.22. The van der Waals surface area contributed by atoms with Gasteiger partial charge in [0.15, 0.2) is 0 Å². The van der Waals surface area contributed by atoms with Crippen molar-refractivity contribution in [1.82, 2.24) is 10.3 Å². The molecule has 28 heavy (non-hydrogen) atoms. The molecule has 1 atom stereocenters. The number of rotatable bonds is 4. The lowest BCUT2D eigenvalue weighted by atomic mass is 9.95. The van der Waals surface area contributed by atoms with E-state index in [9.17, 15) is 9.90 Å². The number of benzene rings is 3. The summed E-state index contributed by atoms with van der Waals surface area (Å²) in [7, 11) is 0. The van der Waals surface area contributed by atoms with Crippen molar-refractivity contribution in [3.05, 3.63) is 107 Å². The Labute approximate surface area is 163 Å². The minimum absolute atomic E-state index is 0.0806. The van der Waals surface area contributed by atoms with Crippen LogP contribution >= 0.6 is 0 Å². The number of hydrogen-bond donors (Lipinski definition) is 2. The van der Waals surface area contributed by atoms with Crippen LogP contribution in [0.3, 0.4) is 0 Å². The number of aryl methyl sites for hydroxylation is 1. The summed E-state index contributed by atoms with van der Waals surface area (Å²) in [5, 5.41) is 14.8. The predicted octanol–water partition coefficient (Wildman–Crippen LogP) is 4.77. The summed E-state index contributed by atoms with van der Waals surface area (Å²) in [6.07, 6.45) is 1.65. The van der Waals surface area contributed by atoms with Crippen LogP contribution in [-0.4, -0.2) is 16.0 Å². The number of nitrogens with zero attached hydrogens (tertiary/aromatic N) is 1. The fourth-order valence-corrected chi connectivity index (χ4v) is 3.28. The molecule has 0 bridgehead atoms. The van der Waals surface area contributed by atoms with Crippen LogP contribution < -0.4 is 5.32 Å². The van der Waals surface area contributed by atoms with Crippen molar-refractivity contribution < 1.29 is 9.90 Å². The Morgan fingerprint density at radius 2 is 1.68 bits per heavy atom. The van der Waals surface area contributed by atoms with Crippen molar-refractivity contribution in [2.45, 2.75) is 13.0 Å². The van der Waals surface area contributed by atoms with E-state index in [1.54, 1.807) is 18.3 Å². The highest BCUT2D eigenvalue weighted by molar-refractivity contribution is 5.95. The quantitative estimate of drug-likeness (QED) is 0.545. The molecule has 0 fully saturated rings. The topological polar surface area (TPSA) is 62.2 Å². The molecule has 3 aromatic carbocycles. The number of hydrogen-bond acceptors (Lipinski definition) is 3. The third kappa shape index (κ3) is 3.45. The molecule has 0 saturated carbocycles. The van der Waals surface area contributed by atoms with Crippen molar-refractivity contribution in [3.63, 3.8) is 0 Å². The van der Waals surface area contributed by atoms with Gasteiger partial charge in [-0.05, 0) is 30.7 Å². The Kier molecular flexibility index (Phi) is 4.77. The van der Waals surface area contributed by atoms with Gasteiger partial charge in [-0.15, -0.1) is 0 Å². The number of nitrogens with one attached hydrogen (secondary N) is 1. The highest BCUT2D eigenvalue weighted by atomic mass is 16.3. The van der Waals surface area contributed by atoms with Gasteiger partial charge in [-0.25, -0.2) is 0 Å². The maximum atomic E-state index is 12.8.